The fourth-order valence-corrected chi connectivity index (χ4v) is 3.62. The summed E-state index contributed by atoms with van der Waals surface area (Å²) in [6.07, 6.45) is 3.03. The van der Waals surface area contributed by atoms with Gasteiger partial charge in [0.2, 0.25) is 3.79 Å². The molecular weight excluding hydrogens is 467 g/mol. The Labute approximate surface area is 201 Å². The van der Waals surface area contributed by atoms with Crippen LogP contribution >= 0.6 is 34.8 Å². The summed E-state index contributed by atoms with van der Waals surface area (Å²) in [6.45, 7) is 0.769. The van der Waals surface area contributed by atoms with Gasteiger partial charge in [-0.3, -0.25) is 14.6 Å². The van der Waals surface area contributed by atoms with Gasteiger partial charge in [0.1, 0.15) is 5.57 Å². The lowest BCUT2D eigenvalue weighted by Crippen LogP contribution is -2.55. The lowest BCUT2D eigenvalue weighted by molar-refractivity contribution is -0.119. The number of rotatable bonds is 7. The van der Waals surface area contributed by atoms with Crippen molar-refractivity contribution in [1.82, 2.24) is 10.2 Å². The van der Waals surface area contributed by atoms with Gasteiger partial charge in [-0.1, -0.05) is 106 Å². The van der Waals surface area contributed by atoms with Gasteiger partial charge in [-0.05, 0) is 19.1 Å². The molecule has 0 saturated carbocycles. The van der Waals surface area contributed by atoms with E-state index < -0.39 is 22.3 Å². The van der Waals surface area contributed by atoms with Gasteiger partial charge in [0.05, 0.1) is 5.70 Å². The highest BCUT2D eigenvalue weighted by atomic mass is 35.6. The minimum atomic E-state index is -2.07. The van der Waals surface area contributed by atoms with E-state index in [4.69, 9.17) is 34.8 Å². The van der Waals surface area contributed by atoms with Crippen molar-refractivity contribution in [3.63, 3.8) is 0 Å². The van der Waals surface area contributed by atoms with Crippen LogP contribution in [-0.2, 0) is 9.59 Å². The minimum absolute atomic E-state index is 0.112. The standard InChI is InChI=1S/C23H19BCl3N3O2/c1-16(31)20(22(32)29-19-12-14-28-15-13-19)21(23(25,26)27)30-24(17-8-4-2-5-9-17)18-10-6-3-7-11-18/h2-15,30H,1H3,(H,28,29,32)/b21-20-. The van der Waals surface area contributed by atoms with Crippen molar-refractivity contribution >= 4 is 70.0 Å². The number of carbonyl (C=O) groups excluding carboxylic acids is 2. The molecule has 0 atom stereocenters. The van der Waals surface area contributed by atoms with Crippen molar-refractivity contribution in [2.45, 2.75) is 10.7 Å². The number of pyridine rings is 1. The summed E-state index contributed by atoms with van der Waals surface area (Å²) in [6, 6.07) is 22.1. The van der Waals surface area contributed by atoms with Crippen molar-refractivity contribution in [3.8, 4) is 0 Å². The molecule has 3 aromatic rings. The second kappa shape index (κ2) is 10.7. The number of Topliss-reactive ketones (excluding diaryl/α,β-unsaturated/α-hetero) is 1. The van der Waals surface area contributed by atoms with Gasteiger partial charge in [-0.25, -0.2) is 0 Å². The van der Waals surface area contributed by atoms with Gasteiger partial charge >= 0.3 is 6.85 Å². The fraction of sp³-hybridized carbons (Fsp3) is 0.0870. The Balaban J connectivity index is 2.10. The molecule has 0 aliphatic heterocycles. The van der Waals surface area contributed by atoms with Gasteiger partial charge in [-0.15, -0.1) is 0 Å². The lowest BCUT2D eigenvalue weighted by atomic mass is 9.50. The molecule has 3 rings (SSSR count). The number of benzene rings is 2. The van der Waals surface area contributed by atoms with Crippen molar-refractivity contribution in [3.05, 3.63) is 96.5 Å². The Kier molecular flexibility index (Phi) is 7.97. The third-order valence-electron chi connectivity index (χ3n) is 4.61. The number of carbonyl (C=O) groups is 2. The number of nitrogens with one attached hydrogen (secondary N) is 2. The van der Waals surface area contributed by atoms with Gasteiger partial charge in [0.25, 0.3) is 5.91 Å². The summed E-state index contributed by atoms with van der Waals surface area (Å²) in [5, 5.41) is 5.82. The zero-order valence-electron chi connectivity index (χ0n) is 17.1. The molecular formula is C23H19BCl3N3O2. The molecule has 2 N–H and O–H groups in total. The second-order valence-corrected chi connectivity index (χ2v) is 9.17. The molecule has 0 unspecified atom stereocenters. The molecule has 0 spiro atoms. The first-order chi connectivity index (χ1) is 15.3. The largest absolute Gasteiger partial charge is 0.419 e. The van der Waals surface area contributed by atoms with E-state index in [0.29, 0.717) is 5.69 Å². The molecule has 32 heavy (non-hydrogen) atoms. The number of allylic oxidation sites excluding steroid dienone is 1. The number of ketones is 1. The van der Waals surface area contributed by atoms with Crippen LogP contribution in [0.5, 0.6) is 0 Å². The van der Waals surface area contributed by atoms with E-state index in [1.54, 1.807) is 12.1 Å². The highest BCUT2D eigenvalue weighted by molar-refractivity contribution is 6.84. The van der Waals surface area contributed by atoms with Gasteiger partial charge < -0.3 is 10.5 Å². The van der Waals surface area contributed by atoms with Crippen molar-refractivity contribution in [2.24, 2.45) is 0 Å². The van der Waals surface area contributed by atoms with Crippen LogP contribution < -0.4 is 21.5 Å². The predicted molar refractivity (Wildman–Crippen MR) is 132 cm³/mol. The fourth-order valence-electron chi connectivity index (χ4n) is 3.17. The normalized spacial score (nSPS) is 11.9. The third kappa shape index (κ3) is 6.13. The van der Waals surface area contributed by atoms with E-state index in [1.165, 1.54) is 19.3 Å². The van der Waals surface area contributed by atoms with E-state index in [9.17, 15) is 9.59 Å². The predicted octanol–water partition coefficient (Wildman–Crippen LogP) is 3.63. The summed E-state index contributed by atoms with van der Waals surface area (Å²) >= 11 is 18.8. The lowest BCUT2D eigenvalue weighted by Gasteiger charge is -2.26. The highest BCUT2D eigenvalue weighted by Gasteiger charge is 2.37. The molecule has 0 radical (unpaired) electrons. The first-order valence-electron chi connectivity index (χ1n) is 9.67. The van der Waals surface area contributed by atoms with Crippen LogP contribution in [0.4, 0.5) is 5.69 Å². The van der Waals surface area contributed by atoms with Gasteiger partial charge in [0.15, 0.2) is 5.78 Å². The number of hydrogen-bond donors (Lipinski definition) is 2. The molecule has 5 nitrogen and oxygen atoms in total. The van der Waals surface area contributed by atoms with E-state index >= 15 is 0 Å². The molecule has 0 aliphatic carbocycles. The second-order valence-electron chi connectivity index (χ2n) is 6.89. The SMILES string of the molecule is CC(=O)/C(C(=O)Nc1ccncc1)=C(/NB(c1ccccc1)c1ccccc1)C(Cl)(Cl)Cl. The first kappa shape index (κ1) is 23.9. The molecule has 1 amide bonds. The monoisotopic (exact) mass is 485 g/mol. The number of hydrogen-bond acceptors (Lipinski definition) is 4. The van der Waals surface area contributed by atoms with Crippen molar-refractivity contribution in [2.75, 3.05) is 5.32 Å². The summed E-state index contributed by atoms with van der Waals surface area (Å²) in [7, 11) is 0. The molecule has 162 valence electrons. The molecule has 2 aromatic carbocycles. The number of halogens is 3. The molecule has 0 aliphatic rings. The summed E-state index contributed by atoms with van der Waals surface area (Å²) in [5.41, 5.74) is 1.79. The molecule has 0 fully saturated rings. The smallest absolute Gasteiger partial charge is 0.320 e. The quantitative estimate of drug-likeness (QED) is 0.176. The van der Waals surface area contributed by atoms with Crippen LogP contribution in [0.1, 0.15) is 6.92 Å². The Morgan fingerprint density at radius 1 is 0.844 bits per heavy atom. The first-order valence-corrected chi connectivity index (χ1v) is 10.8. The molecule has 1 heterocycles. The van der Waals surface area contributed by atoms with Gasteiger partial charge in [-0.2, -0.15) is 0 Å². The highest BCUT2D eigenvalue weighted by Crippen LogP contribution is 2.35. The van der Waals surface area contributed by atoms with E-state index in [-0.39, 0.29) is 11.3 Å². The maximum absolute atomic E-state index is 13.1. The van der Waals surface area contributed by atoms with E-state index in [1.807, 2.05) is 60.7 Å². The van der Waals surface area contributed by atoms with Crippen LogP contribution in [0, 0.1) is 0 Å². The van der Waals surface area contributed by atoms with Crippen LogP contribution in [-0.4, -0.2) is 27.3 Å². The number of amides is 1. The molecule has 1 aromatic heterocycles. The summed E-state index contributed by atoms with van der Waals surface area (Å²) < 4.78 is -2.07. The van der Waals surface area contributed by atoms with E-state index in [0.717, 1.165) is 10.9 Å². The number of anilines is 1. The Morgan fingerprint density at radius 3 is 1.78 bits per heavy atom. The Hall–Kier alpha value is -2.80. The zero-order chi connectivity index (χ0) is 23.1. The zero-order valence-corrected chi connectivity index (χ0v) is 19.3. The maximum atomic E-state index is 13.1. The Bertz CT molecular complexity index is 1070. The number of alkyl halides is 3. The van der Waals surface area contributed by atoms with Crippen LogP contribution in [0.3, 0.4) is 0 Å². The molecule has 0 saturated heterocycles. The van der Waals surface area contributed by atoms with Crippen LogP contribution in [0.15, 0.2) is 96.5 Å². The van der Waals surface area contributed by atoms with Gasteiger partial charge in [0, 0.05) is 18.1 Å². The number of nitrogens with zero attached hydrogens (tertiary/aromatic N) is 1. The minimum Gasteiger partial charge on any atom is -0.419 e. The number of aromatic nitrogens is 1. The maximum Gasteiger partial charge on any atom is 0.320 e. The summed E-state index contributed by atoms with van der Waals surface area (Å²) in [4.78, 5) is 29.5. The third-order valence-corrected chi connectivity index (χ3v) is 5.17. The van der Waals surface area contributed by atoms with Crippen LogP contribution in [0.25, 0.3) is 0 Å². The molecule has 9 heteroatoms. The van der Waals surface area contributed by atoms with E-state index in [2.05, 4.69) is 15.5 Å². The Morgan fingerprint density at radius 2 is 1.34 bits per heavy atom. The average Bonchev–Trinajstić information content (AvgIpc) is 2.77. The molecule has 0 bridgehead atoms. The topological polar surface area (TPSA) is 71.1 Å². The summed E-state index contributed by atoms with van der Waals surface area (Å²) in [5.74, 6) is -1.25. The average molecular weight is 487 g/mol. The van der Waals surface area contributed by atoms with Crippen molar-refractivity contribution < 1.29 is 9.59 Å². The van der Waals surface area contributed by atoms with Crippen LogP contribution in [0.2, 0.25) is 0 Å². The van der Waals surface area contributed by atoms with Crippen molar-refractivity contribution in [1.29, 1.82) is 0 Å².